The standard InChI is InChI=1S/C21H20N4O4/c1-29-15-9-7-14(8-10-15)16-11-17(24-23-16)18-19(26)22-21(28)25(20(18)27)12-13-5-3-2-4-6-13/h2-10,16,23,27H,11-12H2,1H3,(H,22,26,28)/t16-/m1/s1. The summed E-state index contributed by atoms with van der Waals surface area (Å²) in [4.78, 5) is 27.0. The zero-order chi connectivity index (χ0) is 20.4. The molecular weight excluding hydrogens is 372 g/mol. The van der Waals surface area contributed by atoms with Crippen LogP contribution in [-0.4, -0.2) is 27.5 Å². The van der Waals surface area contributed by atoms with Crippen molar-refractivity contribution in [3.05, 3.63) is 92.1 Å². The number of hydrogen-bond acceptors (Lipinski definition) is 6. The number of ether oxygens (including phenoxy) is 1. The first kappa shape index (κ1) is 18.5. The Morgan fingerprint density at radius 3 is 2.55 bits per heavy atom. The normalized spacial score (nSPS) is 15.6. The van der Waals surface area contributed by atoms with Gasteiger partial charge in [0.1, 0.15) is 11.3 Å². The highest BCUT2D eigenvalue weighted by Crippen LogP contribution is 2.27. The molecule has 29 heavy (non-hydrogen) atoms. The SMILES string of the molecule is COc1ccc([C@H]2CC(c3c(O)n(Cc4ccccc4)c(=O)[nH]c3=O)=NN2)cc1. The number of benzene rings is 2. The molecule has 2 heterocycles. The van der Waals surface area contributed by atoms with E-state index in [0.29, 0.717) is 12.1 Å². The molecule has 1 aromatic heterocycles. The highest BCUT2D eigenvalue weighted by atomic mass is 16.5. The summed E-state index contributed by atoms with van der Waals surface area (Å²) in [6.07, 6.45) is 0.395. The van der Waals surface area contributed by atoms with Crippen LogP contribution in [0.3, 0.4) is 0 Å². The van der Waals surface area contributed by atoms with Crippen LogP contribution < -0.4 is 21.4 Å². The van der Waals surface area contributed by atoms with Gasteiger partial charge in [-0.15, -0.1) is 0 Å². The molecule has 0 aliphatic carbocycles. The van der Waals surface area contributed by atoms with Crippen LogP contribution in [0.2, 0.25) is 0 Å². The maximum Gasteiger partial charge on any atom is 0.331 e. The minimum atomic E-state index is -0.668. The van der Waals surface area contributed by atoms with Gasteiger partial charge in [0.2, 0.25) is 5.88 Å². The molecule has 0 unspecified atom stereocenters. The molecule has 1 atom stereocenters. The van der Waals surface area contributed by atoms with Crippen molar-refractivity contribution in [1.82, 2.24) is 15.0 Å². The van der Waals surface area contributed by atoms with E-state index in [2.05, 4.69) is 15.5 Å². The van der Waals surface area contributed by atoms with Gasteiger partial charge in [0.25, 0.3) is 5.56 Å². The van der Waals surface area contributed by atoms with Crippen LogP contribution in [-0.2, 0) is 6.54 Å². The molecule has 0 spiro atoms. The molecular formula is C21H20N4O4. The first-order valence-electron chi connectivity index (χ1n) is 9.13. The summed E-state index contributed by atoms with van der Waals surface area (Å²) >= 11 is 0. The van der Waals surface area contributed by atoms with Gasteiger partial charge in [0, 0.05) is 6.42 Å². The van der Waals surface area contributed by atoms with Gasteiger partial charge >= 0.3 is 5.69 Å². The quantitative estimate of drug-likeness (QED) is 0.613. The second kappa shape index (κ2) is 7.67. The third-order valence-electron chi connectivity index (χ3n) is 4.92. The second-order valence-electron chi connectivity index (χ2n) is 6.75. The Kier molecular flexibility index (Phi) is 4.90. The summed E-state index contributed by atoms with van der Waals surface area (Å²) < 4.78 is 6.30. The third-order valence-corrected chi connectivity index (χ3v) is 4.92. The number of hydrogen-bond donors (Lipinski definition) is 3. The summed E-state index contributed by atoms with van der Waals surface area (Å²) in [6.45, 7) is 0.137. The molecule has 1 aliphatic rings. The lowest BCUT2D eigenvalue weighted by Crippen LogP contribution is -2.34. The molecule has 0 bridgehead atoms. The van der Waals surface area contributed by atoms with Crippen LogP contribution in [0.1, 0.15) is 29.2 Å². The number of aromatic nitrogens is 2. The van der Waals surface area contributed by atoms with E-state index in [1.165, 1.54) is 0 Å². The van der Waals surface area contributed by atoms with E-state index in [4.69, 9.17) is 4.74 Å². The maximum atomic E-state index is 12.4. The Labute approximate surface area is 166 Å². The first-order chi connectivity index (χ1) is 14.1. The van der Waals surface area contributed by atoms with Crippen molar-refractivity contribution in [3.8, 4) is 11.6 Å². The number of rotatable bonds is 5. The van der Waals surface area contributed by atoms with Gasteiger partial charge in [-0.1, -0.05) is 42.5 Å². The lowest BCUT2D eigenvalue weighted by Gasteiger charge is -2.12. The number of aromatic amines is 1. The molecule has 8 heteroatoms. The van der Waals surface area contributed by atoms with E-state index < -0.39 is 17.1 Å². The number of methoxy groups -OCH3 is 1. The van der Waals surface area contributed by atoms with Gasteiger partial charge in [-0.05, 0) is 23.3 Å². The smallest absolute Gasteiger partial charge is 0.331 e. The Balaban J connectivity index is 1.64. The molecule has 0 amide bonds. The summed E-state index contributed by atoms with van der Waals surface area (Å²) in [6, 6.07) is 16.6. The van der Waals surface area contributed by atoms with Gasteiger partial charge in [-0.25, -0.2) is 4.79 Å². The average Bonchev–Trinajstić information content (AvgIpc) is 3.21. The van der Waals surface area contributed by atoms with Crippen molar-refractivity contribution >= 4 is 5.71 Å². The van der Waals surface area contributed by atoms with Crippen LogP contribution in [0.15, 0.2) is 69.3 Å². The number of H-pyrrole nitrogens is 1. The molecule has 3 N–H and O–H groups in total. The predicted octanol–water partition coefficient (Wildman–Crippen LogP) is 1.74. The first-order valence-corrected chi connectivity index (χ1v) is 9.13. The van der Waals surface area contributed by atoms with Crippen LogP contribution in [0.5, 0.6) is 11.6 Å². The van der Waals surface area contributed by atoms with Crippen LogP contribution >= 0.6 is 0 Å². The molecule has 0 saturated heterocycles. The molecule has 2 aromatic carbocycles. The zero-order valence-electron chi connectivity index (χ0n) is 15.8. The molecule has 3 aromatic rings. The van der Waals surface area contributed by atoms with E-state index in [9.17, 15) is 14.7 Å². The molecule has 0 saturated carbocycles. The molecule has 148 valence electrons. The number of nitrogens with one attached hydrogen (secondary N) is 2. The van der Waals surface area contributed by atoms with Crippen molar-refractivity contribution in [2.45, 2.75) is 19.0 Å². The Hall–Kier alpha value is -3.81. The van der Waals surface area contributed by atoms with Crippen molar-refractivity contribution < 1.29 is 9.84 Å². The molecule has 0 fully saturated rings. The van der Waals surface area contributed by atoms with Crippen LogP contribution in [0, 0.1) is 0 Å². The summed E-state index contributed by atoms with van der Waals surface area (Å²) in [5, 5.41) is 15.0. The van der Waals surface area contributed by atoms with Crippen molar-refractivity contribution in [1.29, 1.82) is 0 Å². The van der Waals surface area contributed by atoms with E-state index in [0.717, 1.165) is 21.4 Å². The minimum absolute atomic E-state index is 0.00374. The molecule has 0 radical (unpaired) electrons. The van der Waals surface area contributed by atoms with Gasteiger partial charge in [0.05, 0.1) is 25.4 Å². The third kappa shape index (κ3) is 3.64. The fourth-order valence-electron chi connectivity index (χ4n) is 3.36. The highest BCUT2D eigenvalue weighted by Gasteiger charge is 2.27. The van der Waals surface area contributed by atoms with Gasteiger partial charge in [0.15, 0.2) is 0 Å². The lowest BCUT2D eigenvalue weighted by atomic mass is 10.00. The Morgan fingerprint density at radius 2 is 1.86 bits per heavy atom. The van der Waals surface area contributed by atoms with Crippen molar-refractivity contribution in [3.63, 3.8) is 0 Å². The van der Waals surface area contributed by atoms with Crippen LogP contribution in [0.25, 0.3) is 0 Å². The highest BCUT2D eigenvalue weighted by molar-refractivity contribution is 6.03. The van der Waals surface area contributed by atoms with Gasteiger partial charge < -0.3 is 15.3 Å². The molecule has 8 nitrogen and oxygen atoms in total. The topological polar surface area (TPSA) is 109 Å². The number of nitrogens with zero attached hydrogens (tertiary/aromatic N) is 2. The fourth-order valence-corrected chi connectivity index (χ4v) is 3.36. The Bertz CT molecular complexity index is 1160. The second-order valence-corrected chi connectivity index (χ2v) is 6.75. The largest absolute Gasteiger partial charge is 0.497 e. The van der Waals surface area contributed by atoms with E-state index >= 15 is 0 Å². The van der Waals surface area contributed by atoms with Gasteiger partial charge in [-0.2, -0.15) is 5.10 Å². The monoisotopic (exact) mass is 392 g/mol. The average molecular weight is 392 g/mol. The lowest BCUT2D eigenvalue weighted by molar-refractivity contribution is 0.408. The van der Waals surface area contributed by atoms with Gasteiger partial charge in [-0.3, -0.25) is 14.3 Å². The van der Waals surface area contributed by atoms with Crippen molar-refractivity contribution in [2.24, 2.45) is 5.10 Å². The number of hydrazone groups is 1. The summed E-state index contributed by atoms with van der Waals surface area (Å²) in [5.74, 6) is 0.355. The number of aromatic hydroxyl groups is 1. The maximum absolute atomic E-state index is 12.4. The predicted molar refractivity (Wildman–Crippen MR) is 109 cm³/mol. The summed E-state index contributed by atoms with van der Waals surface area (Å²) in [5.41, 5.74) is 3.86. The van der Waals surface area contributed by atoms with Crippen molar-refractivity contribution in [2.75, 3.05) is 7.11 Å². The molecule has 4 rings (SSSR count). The Morgan fingerprint density at radius 1 is 1.14 bits per heavy atom. The molecule has 1 aliphatic heterocycles. The summed E-state index contributed by atoms with van der Waals surface area (Å²) in [7, 11) is 1.60. The zero-order valence-corrected chi connectivity index (χ0v) is 15.8. The fraction of sp³-hybridized carbons (Fsp3) is 0.190. The van der Waals surface area contributed by atoms with E-state index in [1.54, 1.807) is 7.11 Å². The van der Waals surface area contributed by atoms with E-state index in [-0.39, 0.29) is 18.2 Å². The minimum Gasteiger partial charge on any atom is -0.497 e. The van der Waals surface area contributed by atoms with Crippen LogP contribution in [0.4, 0.5) is 0 Å². The van der Waals surface area contributed by atoms with E-state index in [1.807, 2.05) is 54.6 Å².